The van der Waals surface area contributed by atoms with Crippen LogP contribution < -0.4 is 27.8 Å². The first-order valence-electron chi connectivity index (χ1n) is 12.7. The zero-order valence-corrected chi connectivity index (χ0v) is 24.3. The molecular weight excluding hydrogens is 599 g/mol. The van der Waals surface area contributed by atoms with Crippen molar-refractivity contribution < 1.29 is 29.1 Å². The Morgan fingerprint density at radius 2 is 1.30 bits per heavy atom. The Kier molecular flexibility index (Phi) is 8.16. The summed E-state index contributed by atoms with van der Waals surface area (Å²) in [6, 6.07) is 18.2. The van der Waals surface area contributed by atoms with Gasteiger partial charge in [0.05, 0.1) is 10.0 Å². The molecule has 9 N–H and O–H groups in total. The molecule has 0 aromatic heterocycles. The van der Waals surface area contributed by atoms with Gasteiger partial charge in [0.1, 0.15) is 5.60 Å². The lowest BCUT2D eigenvalue weighted by atomic mass is 9.48. The van der Waals surface area contributed by atoms with E-state index in [2.05, 4.69) is 0 Å². The Morgan fingerprint density at radius 3 is 1.77 bits per heavy atom. The molecular formula is C29H28Cl2N6O6. The second-order valence-corrected chi connectivity index (χ2v) is 10.9. The summed E-state index contributed by atoms with van der Waals surface area (Å²) in [5, 5.41) is 13.0. The van der Waals surface area contributed by atoms with Crippen LogP contribution in [-0.4, -0.2) is 58.8 Å². The number of likely N-dealkylation sites (tertiary alicyclic amines) is 1. The lowest BCUT2D eigenvalue weighted by Gasteiger charge is -2.61. The number of hydrogen-bond donors (Lipinski definition) is 5. The standard InChI is InChI=1S/C29H28Cl2N6O6/c1-36(18-10-6-3-7-11-18)26(42)37-15-19(16-12-13-20(30)21(31)14-16)29(43,17-8-4-2-5-9-17)27(22(32)38,23(33)39)28(37,24(34)40)25(35)41/h2-14,19,43H,15H2,1H3,(H2,32,38)(H2,33,39)(H2,34,40)(H2,35,41). The second kappa shape index (κ2) is 11.2. The third kappa shape index (κ3) is 4.29. The summed E-state index contributed by atoms with van der Waals surface area (Å²) in [7, 11) is 1.31. The molecule has 1 heterocycles. The predicted molar refractivity (Wildman–Crippen MR) is 158 cm³/mol. The van der Waals surface area contributed by atoms with Gasteiger partial charge in [-0.3, -0.25) is 29.0 Å². The molecule has 1 aliphatic heterocycles. The van der Waals surface area contributed by atoms with Crippen molar-refractivity contribution in [2.75, 3.05) is 18.5 Å². The van der Waals surface area contributed by atoms with Crippen LogP contribution in [0.1, 0.15) is 17.0 Å². The number of aliphatic hydroxyl groups is 1. The zero-order chi connectivity index (χ0) is 31.9. The van der Waals surface area contributed by atoms with Crippen LogP contribution in [0.2, 0.25) is 10.0 Å². The minimum Gasteiger partial charge on any atom is -0.383 e. The molecule has 4 rings (SSSR count). The van der Waals surface area contributed by atoms with Gasteiger partial charge in [0.25, 0.3) is 11.8 Å². The molecule has 6 amide bonds. The molecule has 2 atom stereocenters. The fourth-order valence-corrected chi connectivity index (χ4v) is 6.46. The highest BCUT2D eigenvalue weighted by Crippen LogP contribution is 2.60. The van der Waals surface area contributed by atoms with Gasteiger partial charge in [-0.2, -0.15) is 0 Å². The first-order valence-corrected chi connectivity index (χ1v) is 13.5. The van der Waals surface area contributed by atoms with Crippen LogP contribution in [0.5, 0.6) is 0 Å². The molecule has 0 saturated carbocycles. The molecule has 0 bridgehead atoms. The third-order valence-corrected chi connectivity index (χ3v) is 8.80. The highest BCUT2D eigenvalue weighted by atomic mass is 35.5. The maximum atomic E-state index is 14.3. The highest BCUT2D eigenvalue weighted by Gasteiger charge is 2.83. The van der Waals surface area contributed by atoms with E-state index in [1.807, 2.05) is 0 Å². The summed E-state index contributed by atoms with van der Waals surface area (Å²) in [4.78, 5) is 70.7. The number of rotatable bonds is 7. The van der Waals surface area contributed by atoms with Gasteiger partial charge in [-0.15, -0.1) is 0 Å². The average molecular weight is 627 g/mol. The quantitative estimate of drug-likeness (QED) is 0.242. The maximum absolute atomic E-state index is 14.3. The SMILES string of the molecule is CN(C(=O)N1CC(c2ccc(Cl)c(Cl)c2)C(O)(c2ccccc2)C(C(N)=O)(C(N)=O)C1(C(N)=O)C(N)=O)c1ccccc1. The van der Waals surface area contributed by atoms with Crippen molar-refractivity contribution in [3.63, 3.8) is 0 Å². The number of piperidine rings is 1. The highest BCUT2D eigenvalue weighted by molar-refractivity contribution is 6.42. The second-order valence-electron chi connectivity index (χ2n) is 10.1. The van der Waals surface area contributed by atoms with Gasteiger partial charge >= 0.3 is 6.03 Å². The van der Waals surface area contributed by atoms with Crippen LogP contribution in [0.15, 0.2) is 78.9 Å². The molecule has 3 aromatic rings. The zero-order valence-electron chi connectivity index (χ0n) is 22.7. The van der Waals surface area contributed by atoms with Crippen molar-refractivity contribution in [1.82, 2.24) is 4.90 Å². The lowest BCUT2D eigenvalue weighted by Crippen LogP contribution is -2.88. The molecule has 43 heavy (non-hydrogen) atoms. The van der Waals surface area contributed by atoms with Crippen molar-refractivity contribution in [2.45, 2.75) is 17.1 Å². The number of nitrogens with zero attached hydrogens (tertiary/aromatic N) is 2. The Morgan fingerprint density at radius 1 is 0.791 bits per heavy atom. The summed E-state index contributed by atoms with van der Waals surface area (Å²) in [5.41, 5.74) is 13.9. The summed E-state index contributed by atoms with van der Waals surface area (Å²) >= 11 is 12.5. The lowest BCUT2D eigenvalue weighted by molar-refractivity contribution is -0.211. The number of amides is 6. The largest absolute Gasteiger partial charge is 0.383 e. The van der Waals surface area contributed by atoms with E-state index in [-0.39, 0.29) is 26.9 Å². The first-order chi connectivity index (χ1) is 20.2. The summed E-state index contributed by atoms with van der Waals surface area (Å²) in [5.74, 6) is -8.45. The molecule has 1 fully saturated rings. The molecule has 0 aliphatic carbocycles. The topological polar surface area (TPSA) is 216 Å². The minimum absolute atomic E-state index is 0.0132. The van der Waals surface area contributed by atoms with E-state index in [0.29, 0.717) is 4.90 Å². The monoisotopic (exact) mass is 626 g/mol. The van der Waals surface area contributed by atoms with Gasteiger partial charge in [-0.1, -0.05) is 77.8 Å². The summed E-state index contributed by atoms with van der Waals surface area (Å²) in [6.07, 6.45) is 0. The van der Waals surface area contributed by atoms with Crippen molar-refractivity contribution in [3.8, 4) is 0 Å². The van der Waals surface area contributed by atoms with E-state index in [1.54, 1.807) is 36.4 Å². The smallest absolute Gasteiger partial charge is 0.325 e. The van der Waals surface area contributed by atoms with Gasteiger partial charge in [-0.25, -0.2) is 4.79 Å². The van der Waals surface area contributed by atoms with E-state index >= 15 is 0 Å². The summed E-state index contributed by atoms with van der Waals surface area (Å²) < 4.78 is 0. The van der Waals surface area contributed by atoms with Gasteiger partial charge in [-0.05, 0) is 35.4 Å². The molecule has 1 aliphatic rings. The Hall–Kier alpha value is -4.65. The number of halogens is 2. The number of nitrogens with two attached hydrogens (primary N) is 4. The number of para-hydroxylation sites is 1. The molecule has 0 spiro atoms. The Bertz CT molecular complexity index is 1590. The number of carbonyl (C=O) groups is 5. The van der Waals surface area contributed by atoms with Crippen molar-refractivity contribution in [1.29, 1.82) is 0 Å². The number of benzene rings is 3. The fourth-order valence-electron chi connectivity index (χ4n) is 6.15. The number of carbonyl (C=O) groups excluding carboxylic acids is 5. The molecule has 224 valence electrons. The van der Waals surface area contributed by atoms with Crippen LogP contribution in [-0.2, 0) is 24.8 Å². The number of hydrogen-bond acceptors (Lipinski definition) is 6. The maximum Gasteiger partial charge on any atom is 0.325 e. The van der Waals surface area contributed by atoms with E-state index in [0.717, 1.165) is 4.90 Å². The van der Waals surface area contributed by atoms with Crippen molar-refractivity contribution in [2.24, 2.45) is 28.3 Å². The van der Waals surface area contributed by atoms with Gasteiger partial charge in [0, 0.05) is 25.2 Å². The minimum atomic E-state index is -3.47. The number of urea groups is 1. The van der Waals surface area contributed by atoms with E-state index < -0.39 is 58.7 Å². The van der Waals surface area contributed by atoms with E-state index in [9.17, 15) is 29.1 Å². The molecule has 3 aromatic carbocycles. The normalized spacial score (nSPS) is 20.6. The molecule has 12 nitrogen and oxygen atoms in total. The van der Waals surface area contributed by atoms with E-state index in [1.165, 1.54) is 49.5 Å². The Labute approximate surface area is 256 Å². The van der Waals surface area contributed by atoms with Crippen LogP contribution in [0.25, 0.3) is 0 Å². The predicted octanol–water partition coefficient (Wildman–Crippen LogP) is 1.20. The molecule has 0 radical (unpaired) electrons. The first kappa shape index (κ1) is 31.3. The molecule has 2 unspecified atom stereocenters. The summed E-state index contributed by atoms with van der Waals surface area (Å²) in [6.45, 7) is -0.715. The van der Waals surface area contributed by atoms with E-state index in [4.69, 9.17) is 46.1 Å². The average Bonchev–Trinajstić information content (AvgIpc) is 2.97. The Balaban J connectivity index is 2.22. The fraction of sp³-hybridized carbons (Fsp3) is 0.207. The van der Waals surface area contributed by atoms with Crippen LogP contribution in [0.4, 0.5) is 10.5 Å². The number of anilines is 1. The molecule has 1 saturated heterocycles. The number of primary amides is 4. The third-order valence-electron chi connectivity index (χ3n) is 8.06. The van der Waals surface area contributed by atoms with Crippen LogP contribution in [0.3, 0.4) is 0 Å². The van der Waals surface area contributed by atoms with Gasteiger partial charge < -0.3 is 28.0 Å². The van der Waals surface area contributed by atoms with Crippen molar-refractivity contribution in [3.05, 3.63) is 100 Å². The van der Waals surface area contributed by atoms with Gasteiger partial charge in [0.15, 0.2) is 0 Å². The van der Waals surface area contributed by atoms with Crippen LogP contribution in [0, 0.1) is 5.41 Å². The van der Waals surface area contributed by atoms with Crippen LogP contribution >= 0.6 is 23.2 Å². The molecule has 14 heteroatoms. The van der Waals surface area contributed by atoms with Crippen molar-refractivity contribution >= 4 is 58.5 Å². The van der Waals surface area contributed by atoms with Gasteiger partial charge in [0.2, 0.25) is 22.8 Å².